The topological polar surface area (TPSA) is 3.24 Å². The van der Waals surface area contributed by atoms with Crippen molar-refractivity contribution < 1.29 is 4.39 Å². The molecular formula is C9H16FN. The molecule has 2 saturated heterocycles. The Kier molecular flexibility index (Phi) is 1.50. The fraction of sp³-hybridized carbons (Fsp3) is 1.00. The van der Waals surface area contributed by atoms with Gasteiger partial charge in [-0.1, -0.05) is 0 Å². The van der Waals surface area contributed by atoms with Gasteiger partial charge in [-0.15, -0.1) is 0 Å². The maximum absolute atomic E-state index is 13.4. The second-order valence-electron chi connectivity index (χ2n) is 4.35. The standard InChI is InChI=1S/C9H16FN/c1-9(2)8(10)6-7-4-3-5-11(7)9/h7-8H,3-6H2,1-2H3/t7-,8+/m0/s1. The van der Waals surface area contributed by atoms with Crippen LogP contribution in [0.15, 0.2) is 0 Å². The molecule has 2 heteroatoms. The SMILES string of the molecule is CC1(C)[C@H](F)C[C@@H]2CCCN21. The van der Waals surface area contributed by atoms with Gasteiger partial charge in [0, 0.05) is 11.6 Å². The van der Waals surface area contributed by atoms with E-state index in [1.165, 1.54) is 12.8 Å². The van der Waals surface area contributed by atoms with E-state index in [0.717, 1.165) is 13.0 Å². The second-order valence-corrected chi connectivity index (χ2v) is 4.35. The number of halogens is 1. The highest BCUT2D eigenvalue weighted by atomic mass is 19.1. The Morgan fingerprint density at radius 1 is 1.45 bits per heavy atom. The van der Waals surface area contributed by atoms with Crippen molar-refractivity contribution >= 4 is 0 Å². The number of hydrogen-bond donors (Lipinski definition) is 0. The van der Waals surface area contributed by atoms with Crippen LogP contribution in [0.2, 0.25) is 0 Å². The molecule has 0 aromatic heterocycles. The van der Waals surface area contributed by atoms with Crippen LogP contribution in [0.4, 0.5) is 4.39 Å². The molecule has 2 heterocycles. The Balaban J connectivity index is 2.20. The summed E-state index contributed by atoms with van der Waals surface area (Å²) in [6, 6.07) is 0.556. The first-order valence-electron chi connectivity index (χ1n) is 4.53. The van der Waals surface area contributed by atoms with E-state index < -0.39 is 6.17 Å². The fourth-order valence-corrected chi connectivity index (χ4v) is 2.55. The molecule has 1 nitrogen and oxygen atoms in total. The molecule has 0 spiro atoms. The van der Waals surface area contributed by atoms with Crippen LogP contribution in [-0.4, -0.2) is 29.2 Å². The molecular weight excluding hydrogens is 141 g/mol. The van der Waals surface area contributed by atoms with E-state index in [1.807, 2.05) is 13.8 Å². The minimum atomic E-state index is -0.604. The molecule has 2 rings (SSSR count). The van der Waals surface area contributed by atoms with Gasteiger partial charge in [0.05, 0.1) is 0 Å². The van der Waals surface area contributed by atoms with Gasteiger partial charge in [0.15, 0.2) is 0 Å². The molecule has 0 aromatic rings. The molecule has 0 unspecified atom stereocenters. The van der Waals surface area contributed by atoms with Crippen molar-refractivity contribution in [2.75, 3.05) is 6.54 Å². The average molecular weight is 157 g/mol. The summed E-state index contributed by atoms with van der Waals surface area (Å²) in [5.74, 6) is 0. The summed E-state index contributed by atoms with van der Waals surface area (Å²) in [7, 11) is 0. The summed E-state index contributed by atoms with van der Waals surface area (Å²) in [5.41, 5.74) is -0.179. The zero-order chi connectivity index (χ0) is 8.06. The number of nitrogens with zero attached hydrogens (tertiary/aromatic N) is 1. The van der Waals surface area contributed by atoms with E-state index in [9.17, 15) is 4.39 Å². The fourth-order valence-electron chi connectivity index (χ4n) is 2.55. The molecule has 0 aromatic carbocycles. The molecule has 0 radical (unpaired) electrons. The van der Waals surface area contributed by atoms with E-state index >= 15 is 0 Å². The van der Waals surface area contributed by atoms with E-state index in [1.54, 1.807) is 0 Å². The van der Waals surface area contributed by atoms with Crippen LogP contribution in [0.5, 0.6) is 0 Å². The van der Waals surface area contributed by atoms with Crippen molar-refractivity contribution in [2.45, 2.75) is 50.9 Å². The zero-order valence-corrected chi connectivity index (χ0v) is 7.31. The molecule has 0 aliphatic carbocycles. The van der Waals surface area contributed by atoms with Gasteiger partial charge < -0.3 is 0 Å². The number of hydrogen-bond acceptors (Lipinski definition) is 1. The van der Waals surface area contributed by atoms with Crippen molar-refractivity contribution in [1.29, 1.82) is 0 Å². The van der Waals surface area contributed by atoms with Gasteiger partial charge in [-0.2, -0.15) is 0 Å². The number of alkyl halides is 1. The monoisotopic (exact) mass is 157 g/mol. The highest BCUT2D eigenvalue weighted by Crippen LogP contribution is 2.40. The Hall–Kier alpha value is -0.110. The van der Waals surface area contributed by atoms with Crippen LogP contribution < -0.4 is 0 Å². The lowest BCUT2D eigenvalue weighted by atomic mass is 9.99. The second kappa shape index (κ2) is 2.19. The van der Waals surface area contributed by atoms with Crippen molar-refractivity contribution in [2.24, 2.45) is 0 Å². The number of fused-ring (bicyclic) bond motifs is 1. The van der Waals surface area contributed by atoms with Crippen LogP contribution in [0.25, 0.3) is 0 Å². The summed E-state index contributed by atoms with van der Waals surface area (Å²) in [4.78, 5) is 2.34. The van der Waals surface area contributed by atoms with Gasteiger partial charge in [-0.05, 0) is 39.7 Å². The Bertz CT molecular complexity index is 167. The van der Waals surface area contributed by atoms with Crippen molar-refractivity contribution in [3.8, 4) is 0 Å². The highest BCUT2D eigenvalue weighted by Gasteiger charge is 2.48. The molecule has 2 aliphatic heterocycles. The third-order valence-electron chi connectivity index (χ3n) is 3.36. The molecule has 64 valence electrons. The zero-order valence-electron chi connectivity index (χ0n) is 7.31. The normalized spacial score (nSPS) is 42.8. The predicted molar refractivity (Wildman–Crippen MR) is 43.3 cm³/mol. The lowest BCUT2D eigenvalue weighted by molar-refractivity contribution is 0.113. The Morgan fingerprint density at radius 2 is 2.18 bits per heavy atom. The Labute approximate surface area is 67.6 Å². The maximum Gasteiger partial charge on any atom is 0.119 e. The predicted octanol–water partition coefficient (Wildman–Crippen LogP) is 1.97. The summed E-state index contributed by atoms with van der Waals surface area (Å²) in [5, 5.41) is 0. The van der Waals surface area contributed by atoms with Gasteiger partial charge in [0.1, 0.15) is 6.17 Å². The minimum Gasteiger partial charge on any atom is -0.292 e. The van der Waals surface area contributed by atoms with Crippen LogP contribution in [0.3, 0.4) is 0 Å². The summed E-state index contributed by atoms with van der Waals surface area (Å²) in [6.45, 7) is 5.17. The van der Waals surface area contributed by atoms with Crippen molar-refractivity contribution in [3.63, 3.8) is 0 Å². The van der Waals surface area contributed by atoms with Gasteiger partial charge in [-0.25, -0.2) is 4.39 Å². The summed E-state index contributed by atoms with van der Waals surface area (Å²) >= 11 is 0. The first kappa shape index (κ1) is 7.53. The molecule has 0 N–H and O–H groups in total. The van der Waals surface area contributed by atoms with Crippen molar-refractivity contribution in [3.05, 3.63) is 0 Å². The highest BCUT2D eigenvalue weighted by molar-refractivity contribution is 5.03. The molecule has 2 aliphatic rings. The quantitative estimate of drug-likeness (QED) is 0.519. The van der Waals surface area contributed by atoms with Crippen LogP contribution in [0.1, 0.15) is 33.1 Å². The largest absolute Gasteiger partial charge is 0.292 e. The minimum absolute atomic E-state index is 0.179. The van der Waals surface area contributed by atoms with Gasteiger partial charge in [0.25, 0.3) is 0 Å². The molecule has 0 bridgehead atoms. The smallest absolute Gasteiger partial charge is 0.119 e. The molecule has 0 saturated carbocycles. The lowest BCUT2D eigenvalue weighted by Crippen LogP contribution is -2.43. The van der Waals surface area contributed by atoms with E-state index in [-0.39, 0.29) is 5.54 Å². The summed E-state index contributed by atoms with van der Waals surface area (Å²) < 4.78 is 13.4. The number of rotatable bonds is 0. The van der Waals surface area contributed by atoms with Crippen LogP contribution in [0, 0.1) is 0 Å². The molecule has 2 fully saturated rings. The van der Waals surface area contributed by atoms with Crippen LogP contribution >= 0.6 is 0 Å². The van der Waals surface area contributed by atoms with E-state index in [2.05, 4.69) is 4.90 Å². The van der Waals surface area contributed by atoms with E-state index in [4.69, 9.17) is 0 Å². The summed E-state index contributed by atoms with van der Waals surface area (Å²) in [6.07, 6.45) is 2.64. The first-order valence-corrected chi connectivity index (χ1v) is 4.53. The van der Waals surface area contributed by atoms with Crippen molar-refractivity contribution in [1.82, 2.24) is 4.90 Å². The third kappa shape index (κ3) is 0.919. The maximum atomic E-state index is 13.4. The lowest BCUT2D eigenvalue weighted by Gasteiger charge is -2.31. The van der Waals surface area contributed by atoms with Gasteiger partial charge >= 0.3 is 0 Å². The first-order chi connectivity index (χ1) is 5.12. The van der Waals surface area contributed by atoms with E-state index in [0.29, 0.717) is 6.04 Å². The van der Waals surface area contributed by atoms with Gasteiger partial charge in [-0.3, -0.25) is 4.90 Å². The average Bonchev–Trinajstić information content (AvgIpc) is 2.41. The molecule has 0 amide bonds. The third-order valence-corrected chi connectivity index (χ3v) is 3.36. The molecule has 11 heavy (non-hydrogen) atoms. The Morgan fingerprint density at radius 3 is 2.82 bits per heavy atom. The molecule has 2 atom stereocenters. The van der Waals surface area contributed by atoms with Gasteiger partial charge in [0.2, 0.25) is 0 Å². The van der Waals surface area contributed by atoms with Crippen LogP contribution in [-0.2, 0) is 0 Å².